The Morgan fingerprint density at radius 2 is 1.72 bits per heavy atom. The fourth-order valence-electron chi connectivity index (χ4n) is 4.14. The van der Waals surface area contributed by atoms with Crippen molar-refractivity contribution < 1.29 is 38.8 Å². The molecular formula is C26H24N2O8. The lowest BCUT2D eigenvalue weighted by Crippen LogP contribution is -2.16. The van der Waals surface area contributed by atoms with E-state index in [-0.39, 0.29) is 51.3 Å². The number of ether oxygens (including phenoxy) is 3. The molecule has 5 N–H and O–H groups in total. The second kappa shape index (κ2) is 9.23. The van der Waals surface area contributed by atoms with E-state index in [1.165, 1.54) is 26.2 Å². The molecule has 0 saturated heterocycles. The second-order valence-electron chi connectivity index (χ2n) is 8.32. The maximum absolute atomic E-state index is 13.2. The van der Waals surface area contributed by atoms with Crippen LogP contribution in [-0.2, 0) is 4.79 Å². The van der Waals surface area contributed by atoms with Gasteiger partial charge < -0.3 is 35.5 Å². The fraction of sp³-hybridized carbons (Fsp3) is 0.192. The number of hydrogen-bond donors (Lipinski definition) is 4. The third kappa shape index (κ3) is 4.18. The molecule has 36 heavy (non-hydrogen) atoms. The third-order valence-electron chi connectivity index (χ3n) is 5.89. The molecule has 0 aliphatic carbocycles. The summed E-state index contributed by atoms with van der Waals surface area (Å²) in [5, 5.41) is 23.4. The zero-order valence-corrected chi connectivity index (χ0v) is 20.0. The Labute approximate surface area is 206 Å². The molecule has 1 aliphatic heterocycles. The maximum atomic E-state index is 13.2. The number of phenols is 1. The summed E-state index contributed by atoms with van der Waals surface area (Å²) in [5.74, 6) is -2.85. The van der Waals surface area contributed by atoms with Gasteiger partial charge in [0.15, 0.2) is 17.2 Å². The summed E-state index contributed by atoms with van der Waals surface area (Å²) in [6.07, 6.45) is 0. The van der Waals surface area contributed by atoms with Gasteiger partial charge in [-0.25, -0.2) is 9.59 Å². The molecule has 4 rings (SSSR count). The minimum absolute atomic E-state index is 0.000905. The van der Waals surface area contributed by atoms with Gasteiger partial charge in [0.05, 0.1) is 18.7 Å². The van der Waals surface area contributed by atoms with Crippen molar-refractivity contribution in [2.75, 3.05) is 12.4 Å². The molecule has 10 heteroatoms. The number of esters is 1. The number of amides is 1. The van der Waals surface area contributed by atoms with Crippen LogP contribution in [0.5, 0.6) is 28.7 Å². The van der Waals surface area contributed by atoms with E-state index >= 15 is 0 Å². The number of nitrogens with one attached hydrogen (secondary N) is 1. The van der Waals surface area contributed by atoms with Crippen molar-refractivity contribution in [1.29, 1.82) is 0 Å². The van der Waals surface area contributed by atoms with Gasteiger partial charge in [0.2, 0.25) is 5.91 Å². The van der Waals surface area contributed by atoms with Crippen molar-refractivity contribution in [3.63, 3.8) is 0 Å². The zero-order valence-electron chi connectivity index (χ0n) is 20.0. The van der Waals surface area contributed by atoms with Gasteiger partial charge >= 0.3 is 11.9 Å². The van der Waals surface area contributed by atoms with Crippen molar-refractivity contribution in [3.05, 3.63) is 69.8 Å². The van der Waals surface area contributed by atoms with E-state index in [9.17, 15) is 24.6 Å². The number of carboxylic acids is 1. The number of aryl methyl sites for hydroxylation is 1. The molecular weight excluding hydrogens is 468 g/mol. The van der Waals surface area contributed by atoms with Crippen molar-refractivity contribution in [1.82, 2.24) is 0 Å². The Balaban J connectivity index is 1.92. The number of phenolic OH excluding ortho intramolecular Hbond substituents is 1. The van der Waals surface area contributed by atoms with Crippen LogP contribution in [0.3, 0.4) is 0 Å². The number of carboxylic acid groups (broad SMARTS) is 1. The van der Waals surface area contributed by atoms with Gasteiger partial charge in [0, 0.05) is 18.2 Å². The zero-order chi connectivity index (χ0) is 26.3. The summed E-state index contributed by atoms with van der Waals surface area (Å²) in [6, 6.07) is 8.25. The van der Waals surface area contributed by atoms with Crippen molar-refractivity contribution in [2.24, 2.45) is 5.73 Å². The molecule has 1 aliphatic rings. The van der Waals surface area contributed by atoms with E-state index in [1.54, 1.807) is 38.1 Å². The molecule has 1 heterocycles. The molecule has 0 radical (unpaired) electrons. The Kier molecular flexibility index (Phi) is 6.30. The highest BCUT2D eigenvalue weighted by atomic mass is 16.6. The number of aromatic carboxylic acids is 1. The van der Waals surface area contributed by atoms with Crippen LogP contribution in [0.1, 0.15) is 55.9 Å². The molecule has 186 valence electrons. The summed E-state index contributed by atoms with van der Waals surface area (Å²) >= 11 is 0. The number of aromatic hydroxyl groups is 1. The highest BCUT2D eigenvalue weighted by Gasteiger charge is 2.35. The summed E-state index contributed by atoms with van der Waals surface area (Å²) in [6.45, 7) is 4.57. The first-order chi connectivity index (χ1) is 17.0. The van der Waals surface area contributed by atoms with Gasteiger partial charge in [-0.1, -0.05) is 12.1 Å². The number of benzene rings is 3. The molecule has 1 unspecified atom stereocenters. The van der Waals surface area contributed by atoms with Gasteiger partial charge in [-0.2, -0.15) is 0 Å². The molecule has 0 bridgehead atoms. The van der Waals surface area contributed by atoms with Crippen LogP contribution in [0.25, 0.3) is 0 Å². The van der Waals surface area contributed by atoms with E-state index in [4.69, 9.17) is 19.9 Å². The third-order valence-corrected chi connectivity index (χ3v) is 5.89. The van der Waals surface area contributed by atoms with Crippen LogP contribution in [0.15, 0.2) is 36.4 Å². The monoisotopic (exact) mass is 492 g/mol. The maximum Gasteiger partial charge on any atom is 0.347 e. The quantitative estimate of drug-likeness (QED) is 0.305. The van der Waals surface area contributed by atoms with E-state index in [2.05, 4.69) is 5.32 Å². The summed E-state index contributed by atoms with van der Waals surface area (Å²) in [5.41, 5.74) is 8.08. The van der Waals surface area contributed by atoms with Gasteiger partial charge in [-0.15, -0.1) is 0 Å². The van der Waals surface area contributed by atoms with E-state index in [0.29, 0.717) is 22.4 Å². The molecule has 3 aromatic rings. The minimum Gasteiger partial charge on any atom is -0.507 e. The van der Waals surface area contributed by atoms with E-state index < -0.39 is 18.0 Å². The number of anilines is 1. The molecule has 0 spiro atoms. The minimum atomic E-state index is -1.33. The fourth-order valence-corrected chi connectivity index (χ4v) is 4.14. The van der Waals surface area contributed by atoms with Crippen molar-refractivity contribution in [2.45, 2.75) is 26.8 Å². The standard InChI is InChI=1S/C26H24N2O8/c1-11-9-17(30)20(21(27)14-5-7-15(8-6-14)28-13(3)29)24-19(11)26(33)36-22-12(2)18(34-4)10-16(25(31)32)23(22)35-24/h5-10,21,30H,27H2,1-4H3,(H,28,29)(H,31,32). The number of fused-ring (bicyclic) bond motifs is 2. The highest BCUT2D eigenvalue weighted by Crippen LogP contribution is 2.50. The van der Waals surface area contributed by atoms with Gasteiger partial charge in [-0.05, 0) is 49.2 Å². The lowest BCUT2D eigenvalue weighted by Gasteiger charge is -2.21. The van der Waals surface area contributed by atoms with Crippen LogP contribution in [0.4, 0.5) is 5.69 Å². The van der Waals surface area contributed by atoms with Crippen LogP contribution in [0.2, 0.25) is 0 Å². The van der Waals surface area contributed by atoms with Crippen LogP contribution < -0.4 is 25.3 Å². The highest BCUT2D eigenvalue weighted by molar-refractivity contribution is 6.00. The average molecular weight is 492 g/mol. The first kappa shape index (κ1) is 24.6. The Bertz CT molecular complexity index is 1410. The second-order valence-corrected chi connectivity index (χ2v) is 8.32. The van der Waals surface area contributed by atoms with Crippen LogP contribution in [-0.4, -0.2) is 35.2 Å². The number of methoxy groups -OCH3 is 1. The van der Waals surface area contributed by atoms with Crippen molar-refractivity contribution >= 4 is 23.5 Å². The van der Waals surface area contributed by atoms with Gasteiger partial charge in [0.25, 0.3) is 0 Å². The lowest BCUT2D eigenvalue weighted by molar-refractivity contribution is -0.114. The molecule has 1 amide bonds. The topological polar surface area (TPSA) is 157 Å². The Hall–Kier alpha value is -4.57. The van der Waals surface area contributed by atoms with Gasteiger partial charge in [-0.3, -0.25) is 4.79 Å². The van der Waals surface area contributed by atoms with Crippen molar-refractivity contribution in [3.8, 4) is 28.7 Å². The predicted molar refractivity (Wildman–Crippen MR) is 129 cm³/mol. The number of nitrogens with two attached hydrogens (primary N) is 1. The average Bonchev–Trinajstić information content (AvgIpc) is 2.96. The smallest absolute Gasteiger partial charge is 0.347 e. The lowest BCUT2D eigenvalue weighted by atomic mass is 9.93. The molecule has 10 nitrogen and oxygen atoms in total. The number of rotatable bonds is 5. The van der Waals surface area contributed by atoms with E-state index in [1.807, 2.05) is 0 Å². The molecule has 0 aromatic heterocycles. The number of carbonyl (C=O) groups is 3. The molecule has 1 atom stereocenters. The van der Waals surface area contributed by atoms with Crippen LogP contribution in [0, 0.1) is 13.8 Å². The molecule has 0 saturated carbocycles. The Morgan fingerprint density at radius 1 is 1.06 bits per heavy atom. The first-order valence-electron chi connectivity index (χ1n) is 10.9. The Morgan fingerprint density at radius 3 is 2.31 bits per heavy atom. The molecule has 0 fully saturated rings. The number of hydrogen-bond acceptors (Lipinski definition) is 8. The SMILES string of the molecule is COc1cc(C(=O)O)c2c(c1C)OC(=O)c1c(C)cc(O)c(C(N)c3ccc(NC(C)=O)cc3)c1O2. The first-order valence-corrected chi connectivity index (χ1v) is 10.9. The summed E-state index contributed by atoms with van der Waals surface area (Å²) in [7, 11) is 1.37. The normalized spacial score (nSPS) is 12.9. The molecule has 3 aromatic carbocycles. The largest absolute Gasteiger partial charge is 0.507 e. The van der Waals surface area contributed by atoms with Crippen LogP contribution >= 0.6 is 0 Å². The number of carbonyl (C=O) groups excluding carboxylic acids is 2. The summed E-state index contributed by atoms with van der Waals surface area (Å²) in [4.78, 5) is 36.6. The summed E-state index contributed by atoms with van der Waals surface area (Å²) < 4.78 is 16.9. The predicted octanol–water partition coefficient (Wildman–Crippen LogP) is 4.05. The van der Waals surface area contributed by atoms with Gasteiger partial charge in [0.1, 0.15) is 22.6 Å². The van der Waals surface area contributed by atoms with E-state index in [0.717, 1.165) is 0 Å².